The van der Waals surface area contributed by atoms with Crippen molar-refractivity contribution in [2.45, 2.75) is 51.7 Å². The largest absolute Gasteiger partial charge is 0.444 e. The maximum Gasteiger partial charge on any atom is 0.407 e. The topological polar surface area (TPSA) is 38.3 Å². The number of nitrogens with one attached hydrogen (secondary N) is 1. The molecule has 0 saturated heterocycles. The first-order valence-electron chi connectivity index (χ1n) is 6.05. The van der Waals surface area contributed by atoms with Gasteiger partial charge in [-0.25, -0.2) is 13.6 Å². The van der Waals surface area contributed by atoms with Gasteiger partial charge in [-0.3, -0.25) is 0 Å². The van der Waals surface area contributed by atoms with E-state index in [1.807, 2.05) is 6.92 Å². The van der Waals surface area contributed by atoms with Crippen LogP contribution in [0.15, 0.2) is 0 Å². The van der Waals surface area contributed by atoms with E-state index in [0.717, 1.165) is 0 Å². The number of hydrogen-bond donors (Lipinski definition) is 1. The molecule has 18 heavy (non-hydrogen) atoms. The summed E-state index contributed by atoms with van der Waals surface area (Å²) < 4.78 is 30.3. The normalized spacial score (nSPS) is 23.3. The lowest BCUT2D eigenvalue weighted by molar-refractivity contribution is 0.0513. The van der Waals surface area contributed by atoms with E-state index in [9.17, 15) is 13.6 Å². The predicted molar refractivity (Wildman–Crippen MR) is 69.2 cm³/mol. The number of amides is 1. The van der Waals surface area contributed by atoms with Crippen LogP contribution in [-0.4, -0.2) is 35.2 Å². The molecule has 106 valence electrons. The molecule has 1 saturated carbocycles. The highest BCUT2D eigenvalue weighted by atomic mass is 32.2. The fourth-order valence-electron chi connectivity index (χ4n) is 1.39. The van der Waals surface area contributed by atoms with Gasteiger partial charge in [0.2, 0.25) is 0 Å². The molecule has 2 unspecified atom stereocenters. The first kappa shape index (κ1) is 15.5. The van der Waals surface area contributed by atoms with Gasteiger partial charge in [-0.1, -0.05) is 0 Å². The molecule has 1 amide bonds. The Kier molecular flexibility index (Phi) is 4.86. The van der Waals surface area contributed by atoms with E-state index in [1.165, 1.54) is 11.8 Å². The monoisotopic (exact) mass is 281 g/mol. The molecule has 3 nitrogen and oxygen atoms in total. The van der Waals surface area contributed by atoms with Gasteiger partial charge >= 0.3 is 6.09 Å². The minimum absolute atomic E-state index is 0.00781. The van der Waals surface area contributed by atoms with Crippen molar-refractivity contribution < 1.29 is 18.3 Å². The second-order valence-electron chi connectivity index (χ2n) is 5.75. The molecular weight excluding hydrogens is 260 g/mol. The Morgan fingerprint density at radius 2 is 2.11 bits per heavy atom. The van der Waals surface area contributed by atoms with Crippen molar-refractivity contribution in [3.63, 3.8) is 0 Å². The summed E-state index contributed by atoms with van der Waals surface area (Å²) in [5.74, 6) is -1.86. The van der Waals surface area contributed by atoms with Crippen molar-refractivity contribution >= 4 is 17.9 Å². The third-order valence-corrected chi connectivity index (χ3v) is 3.78. The van der Waals surface area contributed by atoms with Crippen LogP contribution in [0.3, 0.4) is 0 Å². The second kappa shape index (κ2) is 5.63. The molecule has 1 rings (SSSR count). The fourth-order valence-corrected chi connectivity index (χ4v) is 2.61. The quantitative estimate of drug-likeness (QED) is 0.840. The summed E-state index contributed by atoms with van der Waals surface area (Å²) in [5.41, 5.74) is -0.521. The Hall–Kier alpha value is -0.520. The molecule has 0 radical (unpaired) electrons. The molecule has 0 bridgehead atoms. The number of alkyl carbamates (subject to hydrolysis) is 1. The summed E-state index contributed by atoms with van der Waals surface area (Å²) in [4.78, 5) is 11.4. The van der Waals surface area contributed by atoms with Crippen molar-refractivity contribution in [1.82, 2.24) is 5.32 Å². The number of carbonyl (C=O) groups excluding carboxylic acids is 1. The number of ether oxygens (including phenoxy) is 1. The van der Waals surface area contributed by atoms with Crippen LogP contribution >= 0.6 is 11.8 Å². The van der Waals surface area contributed by atoms with Crippen LogP contribution in [0, 0.1) is 5.92 Å². The smallest absolute Gasteiger partial charge is 0.407 e. The lowest BCUT2D eigenvalue weighted by atomic mass is 10.2. The van der Waals surface area contributed by atoms with E-state index in [4.69, 9.17) is 4.74 Å². The summed E-state index contributed by atoms with van der Waals surface area (Å²) in [6, 6.07) is -0.0859. The van der Waals surface area contributed by atoms with Crippen LogP contribution in [0.25, 0.3) is 0 Å². The first-order chi connectivity index (χ1) is 8.10. The average molecular weight is 281 g/mol. The molecule has 0 spiro atoms. The molecule has 1 fully saturated rings. The molecule has 2 atom stereocenters. The van der Waals surface area contributed by atoms with E-state index >= 15 is 0 Å². The third kappa shape index (κ3) is 5.89. The SMILES string of the molecule is CC(CSCC1CC1(F)F)NC(=O)OC(C)(C)C. The van der Waals surface area contributed by atoms with Gasteiger partial charge in [0, 0.05) is 29.9 Å². The van der Waals surface area contributed by atoms with Gasteiger partial charge in [0.15, 0.2) is 0 Å². The molecule has 0 aromatic carbocycles. The summed E-state index contributed by atoms with van der Waals surface area (Å²) in [6.07, 6.45) is -0.458. The van der Waals surface area contributed by atoms with Gasteiger partial charge in [0.05, 0.1) is 0 Å². The van der Waals surface area contributed by atoms with E-state index < -0.39 is 23.5 Å². The van der Waals surface area contributed by atoms with Gasteiger partial charge in [0.1, 0.15) is 5.60 Å². The number of rotatable bonds is 5. The van der Waals surface area contributed by atoms with Crippen LogP contribution in [0.5, 0.6) is 0 Å². The Balaban J connectivity index is 2.10. The van der Waals surface area contributed by atoms with Crippen molar-refractivity contribution in [2.75, 3.05) is 11.5 Å². The lowest BCUT2D eigenvalue weighted by Crippen LogP contribution is -2.38. The van der Waals surface area contributed by atoms with Gasteiger partial charge < -0.3 is 10.1 Å². The van der Waals surface area contributed by atoms with Crippen LogP contribution in [-0.2, 0) is 4.74 Å². The highest BCUT2D eigenvalue weighted by Crippen LogP contribution is 2.50. The number of thioether (sulfide) groups is 1. The lowest BCUT2D eigenvalue weighted by Gasteiger charge is -2.21. The van der Waals surface area contributed by atoms with E-state index in [0.29, 0.717) is 11.5 Å². The summed E-state index contributed by atoms with van der Waals surface area (Å²) in [6.45, 7) is 7.21. The number of halogens is 2. The zero-order chi connectivity index (χ0) is 14.0. The fraction of sp³-hybridized carbons (Fsp3) is 0.917. The Morgan fingerprint density at radius 3 is 2.56 bits per heavy atom. The summed E-state index contributed by atoms with van der Waals surface area (Å²) in [5, 5.41) is 2.68. The molecule has 0 aromatic heterocycles. The van der Waals surface area contributed by atoms with Gasteiger partial charge in [0.25, 0.3) is 5.92 Å². The number of hydrogen-bond acceptors (Lipinski definition) is 3. The molecule has 1 aliphatic carbocycles. The highest BCUT2D eigenvalue weighted by Gasteiger charge is 2.56. The van der Waals surface area contributed by atoms with Crippen molar-refractivity contribution in [2.24, 2.45) is 5.92 Å². The highest BCUT2D eigenvalue weighted by molar-refractivity contribution is 7.99. The van der Waals surface area contributed by atoms with E-state index in [2.05, 4.69) is 5.32 Å². The first-order valence-corrected chi connectivity index (χ1v) is 7.21. The van der Waals surface area contributed by atoms with Crippen molar-refractivity contribution in [1.29, 1.82) is 0 Å². The number of alkyl halides is 2. The molecule has 6 heteroatoms. The number of carbonyl (C=O) groups is 1. The van der Waals surface area contributed by atoms with Crippen LogP contribution in [0.1, 0.15) is 34.1 Å². The summed E-state index contributed by atoms with van der Waals surface area (Å²) >= 11 is 1.44. The zero-order valence-corrected chi connectivity index (χ0v) is 12.1. The van der Waals surface area contributed by atoms with Crippen molar-refractivity contribution in [3.8, 4) is 0 Å². The molecule has 0 aromatic rings. The van der Waals surface area contributed by atoms with Gasteiger partial charge in [-0.2, -0.15) is 11.8 Å². The van der Waals surface area contributed by atoms with Crippen LogP contribution < -0.4 is 5.32 Å². The van der Waals surface area contributed by atoms with Crippen LogP contribution in [0.4, 0.5) is 13.6 Å². The third-order valence-electron chi connectivity index (χ3n) is 2.41. The van der Waals surface area contributed by atoms with Gasteiger partial charge in [-0.05, 0) is 27.7 Å². The molecule has 1 aliphatic rings. The maximum atomic E-state index is 12.6. The molecular formula is C12H21F2NO2S. The van der Waals surface area contributed by atoms with Crippen LogP contribution in [0.2, 0.25) is 0 Å². The zero-order valence-electron chi connectivity index (χ0n) is 11.3. The van der Waals surface area contributed by atoms with E-state index in [1.54, 1.807) is 20.8 Å². The van der Waals surface area contributed by atoms with Gasteiger partial charge in [-0.15, -0.1) is 0 Å². The Labute approximate surface area is 111 Å². The second-order valence-corrected chi connectivity index (χ2v) is 6.82. The molecule has 0 heterocycles. The Morgan fingerprint density at radius 1 is 1.56 bits per heavy atom. The minimum atomic E-state index is -2.45. The average Bonchev–Trinajstić information content (AvgIpc) is 2.69. The molecule has 0 aliphatic heterocycles. The molecule has 1 N–H and O–H groups in total. The predicted octanol–water partition coefficient (Wildman–Crippen LogP) is 3.29. The minimum Gasteiger partial charge on any atom is -0.444 e. The maximum absolute atomic E-state index is 12.6. The summed E-state index contributed by atoms with van der Waals surface area (Å²) in [7, 11) is 0. The van der Waals surface area contributed by atoms with Crippen molar-refractivity contribution in [3.05, 3.63) is 0 Å². The standard InChI is InChI=1S/C12H21F2NO2S/c1-8(15-10(16)17-11(2,3)4)6-18-7-9-5-12(9,13)14/h8-9H,5-7H2,1-4H3,(H,15,16). The van der Waals surface area contributed by atoms with E-state index in [-0.39, 0.29) is 12.5 Å². The Bertz CT molecular complexity index is 305.